The minimum Gasteiger partial charge on any atom is -0.351 e. The Labute approximate surface area is 188 Å². The number of hydrogen-bond acceptors (Lipinski definition) is 5. The lowest BCUT2D eigenvalue weighted by Gasteiger charge is -2.35. The van der Waals surface area contributed by atoms with Crippen molar-refractivity contribution in [2.75, 3.05) is 18.4 Å². The largest absolute Gasteiger partial charge is 0.430 e. The third kappa shape index (κ3) is 5.21. The van der Waals surface area contributed by atoms with Gasteiger partial charge in [-0.2, -0.15) is 0 Å². The molecule has 6 nitrogen and oxygen atoms in total. The summed E-state index contributed by atoms with van der Waals surface area (Å²) in [5.74, 6) is 0. The normalized spacial score (nSPS) is 18.4. The summed E-state index contributed by atoms with van der Waals surface area (Å²) < 4.78 is 0. The van der Waals surface area contributed by atoms with Crippen molar-refractivity contribution in [3.05, 3.63) is 70.8 Å². The van der Waals surface area contributed by atoms with Gasteiger partial charge < -0.3 is 4.84 Å². The first-order chi connectivity index (χ1) is 14.7. The molecule has 0 bridgehead atoms. The molecule has 31 heavy (non-hydrogen) atoms. The summed E-state index contributed by atoms with van der Waals surface area (Å²) in [6.07, 6.45) is 3.06. The first-order valence-corrected chi connectivity index (χ1v) is 10.9. The number of nitrogens with zero attached hydrogens (tertiary/aromatic N) is 1. The zero-order valence-corrected chi connectivity index (χ0v) is 18.8. The van der Waals surface area contributed by atoms with Crippen molar-refractivity contribution in [2.45, 2.75) is 44.6 Å². The van der Waals surface area contributed by atoms with Gasteiger partial charge in [-0.25, -0.2) is 4.79 Å². The number of hydrogen-bond donors (Lipinski definition) is 2. The Hall–Kier alpha value is -2.54. The van der Waals surface area contributed by atoms with Crippen LogP contribution in [0.25, 0.3) is 5.70 Å². The number of anilines is 1. The van der Waals surface area contributed by atoms with Crippen LogP contribution in [0.2, 0.25) is 5.02 Å². The molecule has 2 aliphatic rings. The highest BCUT2D eigenvalue weighted by atomic mass is 35.5. The summed E-state index contributed by atoms with van der Waals surface area (Å²) in [6.45, 7) is 7.78. The monoisotopic (exact) mass is 441 g/mol. The Balaban J connectivity index is 1.33. The summed E-state index contributed by atoms with van der Waals surface area (Å²) in [4.78, 5) is 23.6. The van der Waals surface area contributed by atoms with Crippen molar-refractivity contribution in [1.29, 1.82) is 0 Å². The van der Waals surface area contributed by atoms with Crippen LogP contribution < -0.4 is 10.8 Å². The van der Waals surface area contributed by atoms with Crippen LogP contribution >= 0.6 is 11.6 Å². The molecule has 1 saturated heterocycles. The summed E-state index contributed by atoms with van der Waals surface area (Å²) in [7, 11) is 0. The molecule has 0 saturated carbocycles. The maximum Gasteiger partial charge on any atom is 0.430 e. The molecule has 7 heteroatoms. The van der Waals surface area contributed by atoms with Gasteiger partial charge in [0.15, 0.2) is 0 Å². The molecule has 2 aliphatic heterocycles. The Kier molecular flexibility index (Phi) is 5.97. The SMILES string of the molecule is CC(C)(C)c1ccc(C2=CC3(CCN(OC(=O)Nc4cccc(Cl)c4)CC3)ON2)cc1. The lowest BCUT2D eigenvalue weighted by molar-refractivity contribution is -0.153. The number of carbonyl (C=O) groups excluding carboxylic acids is 1. The van der Waals surface area contributed by atoms with Crippen LogP contribution in [0.5, 0.6) is 0 Å². The van der Waals surface area contributed by atoms with Crippen molar-refractivity contribution in [3.63, 3.8) is 0 Å². The van der Waals surface area contributed by atoms with E-state index in [1.807, 2.05) is 0 Å². The molecule has 0 unspecified atom stereocenters. The van der Waals surface area contributed by atoms with E-state index in [9.17, 15) is 4.79 Å². The molecule has 0 radical (unpaired) electrons. The topological polar surface area (TPSA) is 62.8 Å². The van der Waals surface area contributed by atoms with Gasteiger partial charge in [-0.05, 0) is 53.7 Å². The second-order valence-electron chi connectivity index (χ2n) is 9.10. The third-order valence-corrected chi connectivity index (χ3v) is 5.92. The number of piperidine rings is 1. The molecule has 1 amide bonds. The average Bonchev–Trinajstić information content (AvgIpc) is 3.13. The van der Waals surface area contributed by atoms with E-state index < -0.39 is 6.09 Å². The lowest BCUT2D eigenvalue weighted by atomic mass is 9.86. The molecule has 1 fully saturated rings. The van der Waals surface area contributed by atoms with E-state index in [0.717, 1.165) is 11.3 Å². The van der Waals surface area contributed by atoms with Gasteiger partial charge in [-0.1, -0.05) is 62.7 Å². The fourth-order valence-electron chi connectivity index (χ4n) is 3.80. The van der Waals surface area contributed by atoms with Crippen molar-refractivity contribution in [1.82, 2.24) is 10.5 Å². The maximum atomic E-state index is 12.2. The zero-order valence-electron chi connectivity index (χ0n) is 18.1. The van der Waals surface area contributed by atoms with Gasteiger partial charge in [0, 0.05) is 23.8 Å². The summed E-state index contributed by atoms with van der Waals surface area (Å²) >= 11 is 5.95. The summed E-state index contributed by atoms with van der Waals surface area (Å²) in [5, 5.41) is 4.91. The molecule has 164 valence electrons. The maximum absolute atomic E-state index is 12.2. The van der Waals surface area contributed by atoms with Gasteiger partial charge in [-0.15, -0.1) is 5.06 Å². The highest BCUT2D eigenvalue weighted by molar-refractivity contribution is 6.30. The lowest BCUT2D eigenvalue weighted by Crippen LogP contribution is -2.45. The zero-order chi connectivity index (χ0) is 22.1. The highest BCUT2D eigenvalue weighted by Crippen LogP contribution is 2.35. The molecule has 0 atom stereocenters. The first kappa shape index (κ1) is 21.7. The van der Waals surface area contributed by atoms with Crippen LogP contribution in [0.15, 0.2) is 54.6 Å². The average molecular weight is 442 g/mol. The van der Waals surface area contributed by atoms with E-state index >= 15 is 0 Å². The Morgan fingerprint density at radius 1 is 1.16 bits per heavy atom. The van der Waals surface area contributed by atoms with Crippen LogP contribution in [0.4, 0.5) is 10.5 Å². The minimum absolute atomic E-state index is 0.125. The Bertz CT molecular complexity index is 974. The number of nitrogens with one attached hydrogen (secondary N) is 2. The van der Waals surface area contributed by atoms with Crippen LogP contribution in [-0.2, 0) is 15.1 Å². The van der Waals surface area contributed by atoms with Crippen molar-refractivity contribution < 1.29 is 14.5 Å². The quantitative estimate of drug-likeness (QED) is 0.657. The number of rotatable bonds is 3. The number of halogens is 1. The van der Waals surface area contributed by atoms with E-state index in [1.165, 1.54) is 5.56 Å². The summed E-state index contributed by atoms with van der Waals surface area (Å²) in [5.41, 5.74) is 6.81. The molecule has 2 aromatic rings. The van der Waals surface area contributed by atoms with Gasteiger partial charge in [0.2, 0.25) is 0 Å². The highest BCUT2D eigenvalue weighted by Gasteiger charge is 2.39. The van der Waals surface area contributed by atoms with Gasteiger partial charge in [-0.3, -0.25) is 15.6 Å². The molecule has 0 aromatic heterocycles. The standard InChI is InChI=1S/C24H28ClN3O3/c1-23(2,3)18-9-7-17(8-10-18)21-16-24(31-27-21)11-13-28(14-12-24)30-22(29)26-20-6-4-5-19(25)15-20/h4-10,15-16,27H,11-14H2,1-3H3,(H,26,29). The molecule has 2 aromatic carbocycles. The Morgan fingerprint density at radius 3 is 2.52 bits per heavy atom. The summed E-state index contributed by atoms with van der Waals surface area (Å²) in [6, 6.07) is 15.5. The van der Waals surface area contributed by atoms with E-state index in [0.29, 0.717) is 36.6 Å². The number of benzene rings is 2. The van der Waals surface area contributed by atoms with Crippen LogP contribution in [-0.4, -0.2) is 29.8 Å². The van der Waals surface area contributed by atoms with Crippen LogP contribution in [0.3, 0.4) is 0 Å². The number of hydroxylamine groups is 3. The molecule has 1 spiro atoms. The second-order valence-corrected chi connectivity index (χ2v) is 9.53. The molecule has 2 heterocycles. The minimum atomic E-state index is -0.529. The van der Waals surface area contributed by atoms with E-state index in [2.05, 4.69) is 61.9 Å². The van der Waals surface area contributed by atoms with E-state index in [-0.39, 0.29) is 11.0 Å². The Morgan fingerprint density at radius 2 is 1.87 bits per heavy atom. The van der Waals surface area contributed by atoms with Crippen molar-refractivity contribution in [2.24, 2.45) is 0 Å². The fourth-order valence-corrected chi connectivity index (χ4v) is 3.99. The molecular weight excluding hydrogens is 414 g/mol. The molecule has 4 rings (SSSR count). The van der Waals surface area contributed by atoms with Gasteiger partial charge >= 0.3 is 6.09 Å². The van der Waals surface area contributed by atoms with Gasteiger partial charge in [0.05, 0.1) is 5.70 Å². The van der Waals surface area contributed by atoms with Crippen molar-refractivity contribution >= 4 is 29.1 Å². The van der Waals surface area contributed by atoms with Crippen molar-refractivity contribution in [3.8, 4) is 0 Å². The molecular formula is C24H28ClN3O3. The third-order valence-electron chi connectivity index (χ3n) is 5.69. The number of carbonyl (C=O) groups is 1. The second kappa shape index (κ2) is 8.54. The van der Waals surface area contributed by atoms with Gasteiger partial charge in [0.1, 0.15) is 5.60 Å². The van der Waals surface area contributed by atoms with E-state index in [4.69, 9.17) is 21.3 Å². The van der Waals surface area contributed by atoms with Gasteiger partial charge in [0.25, 0.3) is 0 Å². The smallest absolute Gasteiger partial charge is 0.351 e. The fraction of sp³-hybridized carbons (Fsp3) is 0.375. The first-order valence-electron chi connectivity index (χ1n) is 10.5. The predicted molar refractivity (Wildman–Crippen MR) is 122 cm³/mol. The van der Waals surface area contributed by atoms with Crippen LogP contribution in [0, 0.1) is 0 Å². The molecule has 0 aliphatic carbocycles. The predicted octanol–water partition coefficient (Wildman–Crippen LogP) is 5.51. The van der Waals surface area contributed by atoms with Crippen LogP contribution in [0.1, 0.15) is 44.7 Å². The van der Waals surface area contributed by atoms with E-state index in [1.54, 1.807) is 29.3 Å². The molecule has 2 N–H and O–H groups in total. The number of amides is 1.